The van der Waals surface area contributed by atoms with E-state index < -0.39 is 5.97 Å². The number of anilines is 2. The lowest BCUT2D eigenvalue weighted by molar-refractivity contribution is -0.123. The monoisotopic (exact) mass is 424 g/mol. The van der Waals surface area contributed by atoms with E-state index in [-0.39, 0.29) is 17.9 Å². The van der Waals surface area contributed by atoms with Gasteiger partial charge in [-0.1, -0.05) is 6.92 Å². The number of esters is 1. The first-order valence-electron chi connectivity index (χ1n) is 10.9. The highest BCUT2D eigenvalue weighted by atomic mass is 16.5. The SMILES string of the molecule is COC(=O)c1cc(Oc2ccc(N)cc2)ccc1N(C(=O)C1CCC(C)CC1)C(C)C. The van der Waals surface area contributed by atoms with Crippen molar-refractivity contribution in [1.82, 2.24) is 0 Å². The Hall–Kier alpha value is -3.02. The second-order valence-corrected chi connectivity index (χ2v) is 8.60. The molecule has 31 heavy (non-hydrogen) atoms. The highest BCUT2D eigenvalue weighted by Gasteiger charge is 2.32. The Morgan fingerprint density at radius 2 is 1.61 bits per heavy atom. The molecule has 0 heterocycles. The smallest absolute Gasteiger partial charge is 0.340 e. The van der Waals surface area contributed by atoms with Crippen molar-refractivity contribution in [3.05, 3.63) is 48.0 Å². The predicted molar refractivity (Wildman–Crippen MR) is 122 cm³/mol. The average molecular weight is 425 g/mol. The van der Waals surface area contributed by atoms with E-state index in [1.54, 1.807) is 47.4 Å². The quantitative estimate of drug-likeness (QED) is 0.495. The molecule has 0 bridgehead atoms. The van der Waals surface area contributed by atoms with Crippen LogP contribution in [0.4, 0.5) is 11.4 Å². The number of hydrogen-bond donors (Lipinski definition) is 1. The van der Waals surface area contributed by atoms with Crippen molar-refractivity contribution in [2.45, 2.75) is 52.5 Å². The third-order valence-corrected chi connectivity index (χ3v) is 5.87. The molecule has 0 saturated heterocycles. The van der Waals surface area contributed by atoms with Crippen LogP contribution >= 0.6 is 0 Å². The molecule has 6 heteroatoms. The van der Waals surface area contributed by atoms with Crippen molar-refractivity contribution in [1.29, 1.82) is 0 Å². The van der Waals surface area contributed by atoms with Crippen molar-refractivity contribution in [2.24, 2.45) is 11.8 Å². The largest absolute Gasteiger partial charge is 0.465 e. The van der Waals surface area contributed by atoms with Gasteiger partial charge >= 0.3 is 5.97 Å². The Bertz CT molecular complexity index is 916. The minimum atomic E-state index is -0.506. The minimum absolute atomic E-state index is 0.0187. The number of hydrogen-bond acceptors (Lipinski definition) is 5. The van der Waals surface area contributed by atoms with Crippen molar-refractivity contribution >= 4 is 23.3 Å². The number of nitrogen functional groups attached to an aromatic ring is 1. The van der Waals surface area contributed by atoms with Gasteiger partial charge in [-0.3, -0.25) is 4.79 Å². The van der Waals surface area contributed by atoms with Gasteiger partial charge in [0, 0.05) is 17.6 Å². The molecule has 2 aromatic rings. The molecule has 0 unspecified atom stereocenters. The van der Waals surface area contributed by atoms with Crippen molar-refractivity contribution in [3.63, 3.8) is 0 Å². The zero-order valence-corrected chi connectivity index (χ0v) is 18.8. The van der Waals surface area contributed by atoms with Gasteiger partial charge in [-0.15, -0.1) is 0 Å². The fourth-order valence-corrected chi connectivity index (χ4v) is 4.09. The Labute approximate surface area is 184 Å². The molecule has 2 N–H and O–H groups in total. The lowest BCUT2D eigenvalue weighted by Crippen LogP contribution is -2.43. The normalized spacial score (nSPS) is 18.5. The Balaban J connectivity index is 1.93. The molecule has 0 radical (unpaired) electrons. The second kappa shape index (κ2) is 9.86. The molecule has 0 aromatic heterocycles. The third kappa shape index (κ3) is 5.37. The van der Waals surface area contributed by atoms with Gasteiger partial charge in [0.05, 0.1) is 18.4 Å². The molecular weight excluding hydrogens is 392 g/mol. The van der Waals surface area contributed by atoms with Crippen LogP contribution in [0.1, 0.15) is 56.8 Å². The summed E-state index contributed by atoms with van der Waals surface area (Å²) in [5.74, 6) is 1.29. The van der Waals surface area contributed by atoms with E-state index in [0.717, 1.165) is 25.7 Å². The fraction of sp³-hybridized carbons (Fsp3) is 0.440. The zero-order chi connectivity index (χ0) is 22.5. The maximum absolute atomic E-state index is 13.4. The Kier molecular flexibility index (Phi) is 7.21. The number of nitrogens with zero attached hydrogens (tertiary/aromatic N) is 1. The van der Waals surface area contributed by atoms with Crippen LogP contribution in [0.15, 0.2) is 42.5 Å². The predicted octanol–water partition coefficient (Wildman–Crippen LogP) is 5.42. The van der Waals surface area contributed by atoms with Crippen LogP contribution < -0.4 is 15.4 Å². The van der Waals surface area contributed by atoms with Crippen LogP contribution in [-0.4, -0.2) is 25.0 Å². The van der Waals surface area contributed by atoms with E-state index in [2.05, 4.69) is 6.92 Å². The number of ether oxygens (including phenoxy) is 2. The van der Waals surface area contributed by atoms with Crippen LogP contribution in [0, 0.1) is 11.8 Å². The van der Waals surface area contributed by atoms with E-state index in [1.165, 1.54) is 7.11 Å². The first kappa shape index (κ1) is 22.7. The van der Waals surface area contributed by atoms with Gasteiger partial charge in [0.25, 0.3) is 0 Å². The number of amides is 1. The molecular formula is C25H32N2O4. The first-order chi connectivity index (χ1) is 14.8. The molecule has 0 atom stereocenters. The summed E-state index contributed by atoms with van der Waals surface area (Å²) in [5, 5.41) is 0. The van der Waals surface area contributed by atoms with Gasteiger partial charge in [0.1, 0.15) is 11.5 Å². The molecule has 1 saturated carbocycles. The molecule has 0 spiro atoms. The standard InChI is InChI=1S/C25H32N2O4/c1-16(2)27(24(28)18-7-5-17(3)6-8-18)23-14-13-21(15-22(23)25(29)30-4)31-20-11-9-19(26)10-12-20/h9-18H,5-8,26H2,1-4H3. The molecule has 166 valence electrons. The van der Waals surface area contributed by atoms with E-state index in [4.69, 9.17) is 15.2 Å². The Morgan fingerprint density at radius 1 is 1.00 bits per heavy atom. The van der Waals surface area contributed by atoms with Gasteiger partial charge in [-0.25, -0.2) is 4.79 Å². The van der Waals surface area contributed by atoms with Crippen LogP contribution in [-0.2, 0) is 9.53 Å². The average Bonchev–Trinajstić information content (AvgIpc) is 2.76. The summed E-state index contributed by atoms with van der Waals surface area (Å²) in [4.78, 5) is 27.8. The topological polar surface area (TPSA) is 81.9 Å². The molecule has 2 aromatic carbocycles. The molecule has 3 rings (SSSR count). The van der Waals surface area contributed by atoms with Gasteiger partial charge in [0.2, 0.25) is 5.91 Å². The van der Waals surface area contributed by atoms with Crippen molar-refractivity contribution < 1.29 is 19.1 Å². The van der Waals surface area contributed by atoms with Gasteiger partial charge in [-0.2, -0.15) is 0 Å². The van der Waals surface area contributed by atoms with Crippen LogP contribution in [0.25, 0.3) is 0 Å². The summed E-state index contributed by atoms with van der Waals surface area (Å²) in [6.07, 6.45) is 3.88. The second-order valence-electron chi connectivity index (χ2n) is 8.60. The summed E-state index contributed by atoms with van der Waals surface area (Å²) in [6.45, 7) is 6.16. The number of benzene rings is 2. The summed E-state index contributed by atoms with van der Waals surface area (Å²) in [7, 11) is 1.34. The number of rotatable bonds is 6. The summed E-state index contributed by atoms with van der Waals surface area (Å²) in [6, 6.07) is 12.1. The van der Waals surface area contributed by atoms with Gasteiger partial charge < -0.3 is 20.1 Å². The lowest BCUT2D eigenvalue weighted by atomic mass is 9.82. The highest BCUT2D eigenvalue weighted by Crippen LogP contribution is 2.35. The molecule has 1 aliphatic carbocycles. The molecule has 0 aliphatic heterocycles. The van der Waals surface area contributed by atoms with Gasteiger partial charge in [0.15, 0.2) is 0 Å². The zero-order valence-electron chi connectivity index (χ0n) is 18.8. The molecule has 1 fully saturated rings. The summed E-state index contributed by atoms with van der Waals surface area (Å²) < 4.78 is 10.9. The molecule has 6 nitrogen and oxygen atoms in total. The molecule has 1 amide bonds. The number of nitrogens with two attached hydrogens (primary N) is 1. The van der Waals surface area contributed by atoms with Crippen LogP contribution in [0.3, 0.4) is 0 Å². The highest BCUT2D eigenvalue weighted by molar-refractivity contribution is 6.04. The van der Waals surface area contributed by atoms with E-state index in [0.29, 0.717) is 34.4 Å². The maximum atomic E-state index is 13.4. The molecule has 1 aliphatic rings. The summed E-state index contributed by atoms with van der Waals surface area (Å²) in [5.41, 5.74) is 7.22. The van der Waals surface area contributed by atoms with Crippen LogP contribution in [0.5, 0.6) is 11.5 Å². The number of methoxy groups -OCH3 is 1. The fourth-order valence-electron chi connectivity index (χ4n) is 4.09. The van der Waals surface area contributed by atoms with Crippen molar-refractivity contribution in [3.8, 4) is 11.5 Å². The number of carbonyl (C=O) groups excluding carboxylic acids is 2. The third-order valence-electron chi connectivity index (χ3n) is 5.87. The first-order valence-corrected chi connectivity index (χ1v) is 10.9. The van der Waals surface area contributed by atoms with Crippen molar-refractivity contribution in [2.75, 3.05) is 17.7 Å². The van der Waals surface area contributed by atoms with E-state index in [9.17, 15) is 9.59 Å². The van der Waals surface area contributed by atoms with Crippen LogP contribution in [0.2, 0.25) is 0 Å². The maximum Gasteiger partial charge on any atom is 0.340 e. The Morgan fingerprint density at radius 3 is 2.19 bits per heavy atom. The number of carbonyl (C=O) groups is 2. The lowest BCUT2D eigenvalue weighted by Gasteiger charge is -2.34. The van der Waals surface area contributed by atoms with E-state index >= 15 is 0 Å². The minimum Gasteiger partial charge on any atom is -0.465 e. The summed E-state index contributed by atoms with van der Waals surface area (Å²) >= 11 is 0. The van der Waals surface area contributed by atoms with Gasteiger partial charge in [-0.05, 0) is 87.9 Å². The van der Waals surface area contributed by atoms with E-state index in [1.807, 2.05) is 13.8 Å².